The van der Waals surface area contributed by atoms with Gasteiger partial charge in [0.05, 0.1) is 11.9 Å². The van der Waals surface area contributed by atoms with Gasteiger partial charge >= 0.3 is 0 Å². The first-order chi connectivity index (χ1) is 12.8. The molecular weight excluding hydrogens is 428 g/mol. The minimum absolute atomic E-state index is 0.278. The third-order valence-electron chi connectivity index (χ3n) is 4.14. The van der Waals surface area contributed by atoms with Gasteiger partial charge in [-0.3, -0.25) is 9.10 Å². The highest BCUT2D eigenvalue weighted by molar-refractivity contribution is 9.10. The molecule has 0 saturated heterocycles. The third kappa shape index (κ3) is 4.87. The molecule has 0 unspecified atom stereocenters. The predicted molar refractivity (Wildman–Crippen MR) is 112 cm³/mol. The van der Waals surface area contributed by atoms with Crippen LogP contribution in [0.25, 0.3) is 10.8 Å². The summed E-state index contributed by atoms with van der Waals surface area (Å²) in [4.78, 5) is 12.4. The van der Waals surface area contributed by atoms with E-state index in [1.54, 1.807) is 24.3 Å². The van der Waals surface area contributed by atoms with Crippen molar-refractivity contribution >= 4 is 48.3 Å². The number of carbonyl (C=O) groups is 1. The molecule has 5 nitrogen and oxygen atoms in total. The van der Waals surface area contributed by atoms with Crippen molar-refractivity contribution in [1.82, 2.24) is 5.32 Å². The fourth-order valence-corrected chi connectivity index (χ4v) is 4.09. The van der Waals surface area contributed by atoms with Gasteiger partial charge in [0.2, 0.25) is 15.9 Å². The molecule has 27 heavy (non-hydrogen) atoms. The van der Waals surface area contributed by atoms with Crippen LogP contribution in [-0.2, 0) is 21.4 Å². The van der Waals surface area contributed by atoms with Crippen molar-refractivity contribution in [3.05, 3.63) is 76.8 Å². The van der Waals surface area contributed by atoms with Crippen molar-refractivity contribution in [1.29, 1.82) is 0 Å². The second kappa shape index (κ2) is 8.10. The Morgan fingerprint density at radius 2 is 1.74 bits per heavy atom. The summed E-state index contributed by atoms with van der Waals surface area (Å²) in [7, 11) is -3.60. The number of nitrogens with zero attached hydrogens (tertiary/aromatic N) is 1. The van der Waals surface area contributed by atoms with Crippen LogP contribution >= 0.6 is 15.9 Å². The van der Waals surface area contributed by atoms with Crippen LogP contribution in [0.5, 0.6) is 0 Å². The Kier molecular flexibility index (Phi) is 5.82. The van der Waals surface area contributed by atoms with Gasteiger partial charge in [0.15, 0.2) is 0 Å². The number of hydrogen-bond donors (Lipinski definition) is 1. The summed E-state index contributed by atoms with van der Waals surface area (Å²) >= 11 is 3.33. The second-order valence-electron chi connectivity index (χ2n) is 6.16. The molecule has 0 aliphatic carbocycles. The van der Waals surface area contributed by atoms with Crippen molar-refractivity contribution in [3.63, 3.8) is 0 Å². The summed E-state index contributed by atoms with van der Waals surface area (Å²) in [5.74, 6) is -0.367. The zero-order valence-electron chi connectivity index (χ0n) is 14.7. The summed E-state index contributed by atoms with van der Waals surface area (Å²) in [6.07, 6.45) is 1.09. The van der Waals surface area contributed by atoms with Crippen molar-refractivity contribution in [3.8, 4) is 0 Å². The van der Waals surface area contributed by atoms with E-state index in [1.165, 1.54) is 0 Å². The topological polar surface area (TPSA) is 66.5 Å². The van der Waals surface area contributed by atoms with Gasteiger partial charge in [-0.2, -0.15) is 0 Å². The van der Waals surface area contributed by atoms with Crippen LogP contribution < -0.4 is 9.62 Å². The van der Waals surface area contributed by atoms with E-state index < -0.39 is 10.0 Å². The largest absolute Gasteiger partial charge is 0.350 e. The molecule has 0 bridgehead atoms. The smallest absolute Gasteiger partial charge is 0.241 e. The quantitative estimate of drug-likeness (QED) is 0.627. The number of carbonyl (C=O) groups excluding carboxylic acids is 1. The van der Waals surface area contributed by atoms with E-state index in [0.717, 1.165) is 31.4 Å². The number of sulfonamides is 1. The lowest BCUT2D eigenvalue weighted by Gasteiger charge is -2.22. The van der Waals surface area contributed by atoms with Crippen molar-refractivity contribution in [2.45, 2.75) is 6.54 Å². The standard InChI is InChI=1S/C20H19BrN2O3S/c1-27(25,26)23(18-10-5-9-17(21)12-18)14-20(24)22-13-16-8-4-7-15-6-2-3-11-19(15)16/h2-12H,13-14H2,1H3,(H,22,24). The number of rotatable bonds is 6. The van der Waals surface area contributed by atoms with E-state index in [9.17, 15) is 13.2 Å². The molecule has 1 amide bonds. The van der Waals surface area contributed by atoms with Crippen LogP contribution in [0.3, 0.4) is 0 Å². The Morgan fingerprint density at radius 3 is 2.48 bits per heavy atom. The monoisotopic (exact) mass is 446 g/mol. The van der Waals surface area contributed by atoms with Crippen LogP contribution in [0.15, 0.2) is 71.2 Å². The average molecular weight is 447 g/mol. The maximum absolute atomic E-state index is 12.4. The van der Waals surface area contributed by atoms with Gasteiger partial charge in [-0.15, -0.1) is 0 Å². The normalized spacial score (nSPS) is 11.3. The first-order valence-electron chi connectivity index (χ1n) is 8.31. The Labute approximate surface area is 167 Å². The number of halogens is 1. The summed E-state index contributed by atoms with van der Waals surface area (Å²) in [6, 6.07) is 20.7. The molecule has 1 N–H and O–H groups in total. The summed E-state index contributed by atoms with van der Waals surface area (Å²) in [5.41, 5.74) is 1.42. The Bertz CT molecular complexity index is 1080. The van der Waals surface area contributed by atoms with E-state index >= 15 is 0 Å². The Balaban J connectivity index is 1.75. The minimum Gasteiger partial charge on any atom is -0.350 e. The van der Waals surface area contributed by atoms with Gasteiger partial charge in [0.1, 0.15) is 6.54 Å². The third-order valence-corrected chi connectivity index (χ3v) is 5.77. The SMILES string of the molecule is CS(=O)(=O)N(CC(=O)NCc1cccc2ccccc12)c1cccc(Br)c1. The molecule has 0 aliphatic heterocycles. The number of anilines is 1. The zero-order chi connectivity index (χ0) is 19.4. The van der Waals surface area contributed by atoms with Crippen LogP contribution in [0.4, 0.5) is 5.69 Å². The molecule has 0 heterocycles. The van der Waals surface area contributed by atoms with Gasteiger partial charge in [0.25, 0.3) is 0 Å². The van der Waals surface area contributed by atoms with E-state index in [0.29, 0.717) is 12.2 Å². The lowest BCUT2D eigenvalue weighted by molar-refractivity contribution is -0.119. The molecule has 140 valence electrons. The predicted octanol–water partition coefficient (Wildman–Crippen LogP) is 3.68. The summed E-state index contributed by atoms with van der Waals surface area (Å²) in [5, 5.41) is 4.98. The molecular formula is C20H19BrN2O3S. The van der Waals surface area contributed by atoms with Crippen molar-refractivity contribution < 1.29 is 13.2 Å². The van der Waals surface area contributed by atoms with E-state index in [1.807, 2.05) is 42.5 Å². The Hall–Kier alpha value is -2.38. The van der Waals surface area contributed by atoms with Crippen molar-refractivity contribution in [2.75, 3.05) is 17.1 Å². The second-order valence-corrected chi connectivity index (χ2v) is 8.99. The highest BCUT2D eigenvalue weighted by atomic mass is 79.9. The fourth-order valence-electron chi connectivity index (χ4n) is 2.86. The molecule has 7 heteroatoms. The average Bonchev–Trinajstić information content (AvgIpc) is 2.63. The van der Waals surface area contributed by atoms with E-state index in [-0.39, 0.29) is 12.5 Å². The van der Waals surface area contributed by atoms with Gasteiger partial charge in [0, 0.05) is 11.0 Å². The van der Waals surface area contributed by atoms with Crippen LogP contribution in [0, 0.1) is 0 Å². The van der Waals surface area contributed by atoms with Crippen LogP contribution in [0.1, 0.15) is 5.56 Å². The van der Waals surface area contributed by atoms with Crippen LogP contribution in [-0.4, -0.2) is 27.1 Å². The van der Waals surface area contributed by atoms with Crippen molar-refractivity contribution in [2.24, 2.45) is 0 Å². The lowest BCUT2D eigenvalue weighted by Crippen LogP contribution is -2.40. The molecule has 3 aromatic rings. The maximum atomic E-state index is 12.4. The first kappa shape index (κ1) is 19.4. The highest BCUT2D eigenvalue weighted by Crippen LogP contribution is 2.22. The maximum Gasteiger partial charge on any atom is 0.241 e. The van der Waals surface area contributed by atoms with Gasteiger partial charge in [-0.25, -0.2) is 8.42 Å². The summed E-state index contributed by atoms with van der Waals surface area (Å²) < 4.78 is 26.2. The number of fused-ring (bicyclic) bond motifs is 1. The lowest BCUT2D eigenvalue weighted by atomic mass is 10.0. The number of hydrogen-bond acceptors (Lipinski definition) is 3. The molecule has 0 aromatic heterocycles. The fraction of sp³-hybridized carbons (Fsp3) is 0.150. The van der Waals surface area contributed by atoms with Gasteiger partial charge in [-0.1, -0.05) is 64.5 Å². The van der Waals surface area contributed by atoms with Gasteiger partial charge in [-0.05, 0) is 34.5 Å². The molecule has 0 radical (unpaired) electrons. The number of amides is 1. The van der Waals surface area contributed by atoms with Gasteiger partial charge < -0.3 is 5.32 Å². The minimum atomic E-state index is -3.60. The molecule has 0 saturated carbocycles. The first-order valence-corrected chi connectivity index (χ1v) is 11.0. The van der Waals surface area contributed by atoms with E-state index in [4.69, 9.17) is 0 Å². The molecule has 3 rings (SSSR count). The molecule has 0 fully saturated rings. The number of nitrogens with one attached hydrogen (secondary N) is 1. The molecule has 3 aromatic carbocycles. The molecule has 0 spiro atoms. The number of benzene rings is 3. The van der Waals surface area contributed by atoms with Crippen LogP contribution in [0.2, 0.25) is 0 Å². The zero-order valence-corrected chi connectivity index (χ0v) is 17.1. The van der Waals surface area contributed by atoms with E-state index in [2.05, 4.69) is 21.2 Å². The molecule has 0 atom stereocenters. The Morgan fingerprint density at radius 1 is 1.04 bits per heavy atom. The summed E-state index contributed by atoms with van der Waals surface area (Å²) in [6.45, 7) is 0.0519. The molecule has 0 aliphatic rings. The highest BCUT2D eigenvalue weighted by Gasteiger charge is 2.21.